The number of para-hydroxylation sites is 1. The highest BCUT2D eigenvalue weighted by Gasteiger charge is 2.29. The third-order valence-corrected chi connectivity index (χ3v) is 10.4. The summed E-state index contributed by atoms with van der Waals surface area (Å²) in [5.74, 6) is -1.95. The van der Waals surface area contributed by atoms with Gasteiger partial charge >= 0.3 is 5.97 Å². The number of hydrogen-bond donors (Lipinski definition) is 3. The first-order valence-corrected chi connectivity index (χ1v) is 16.5. The maximum Gasteiger partial charge on any atom is 0.338 e. The van der Waals surface area contributed by atoms with Crippen molar-refractivity contribution in [2.45, 2.75) is 10.1 Å². The highest BCUT2D eigenvalue weighted by Crippen LogP contribution is 2.42. The number of benzene rings is 4. The number of rotatable bonds is 10. The lowest BCUT2D eigenvalue weighted by molar-refractivity contribution is -0.115. The van der Waals surface area contributed by atoms with E-state index in [4.69, 9.17) is 51.1 Å². The summed E-state index contributed by atoms with van der Waals surface area (Å²) in [5.41, 5.74) is 1.60. The molecule has 0 bridgehead atoms. The summed E-state index contributed by atoms with van der Waals surface area (Å²) >= 11 is 27.0. The van der Waals surface area contributed by atoms with Crippen molar-refractivity contribution < 1.29 is 24.2 Å². The highest BCUT2D eigenvalue weighted by molar-refractivity contribution is 8.00. The lowest BCUT2D eigenvalue weighted by atomic mass is 10.1. The average Bonchev–Trinajstić information content (AvgIpc) is 3.53. The number of carbonyl (C=O) groups excluding carboxylic acids is 2. The van der Waals surface area contributed by atoms with Gasteiger partial charge in [-0.25, -0.2) is 9.78 Å². The second kappa shape index (κ2) is 14.8. The predicted molar refractivity (Wildman–Crippen MR) is 186 cm³/mol. The van der Waals surface area contributed by atoms with Gasteiger partial charge in [-0.2, -0.15) is 0 Å². The summed E-state index contributed by atoms with van der Waals surface area (Å²) in [5, 5.41) is 15.6. The van der Waals surface area contributed by atoms with Gasteiger partial charge in [-0.05, 0) is 42.0 Å². The third-order valence-electron chi connectivity index (χ3n) is 6.53. The standard InChI is InChI=1S/C32H21Cl4N3O5S2/c1-44-21-10-6-5-9-19(21)20-15-45-32(38-20)39-30(41)28(16-7-3-2-4-8-16)46-18-13-11-17(12-14-18)37-29(40)22-23(31(42)43)25(34)27(36)26(35)24(22)33/h2-15,28H,1H3,(H,37,40)(H,42,43)(H,38,39,41). The zero-order valence-electron chi connectivity index (χ0n) is 23.5. The number of carbonyl (C=O) groups is 3. The Bertz CT molecular complexity index is 1940. The van der Waals surface area contributed by atoms with Gasteiger partial charge in [0.25, 0.3) is 5.91 Å². The van der Waals surface area contributed by atoms with Gasteiger partial charge in [0, 0.05) is 21.5 Å². The first kappa shape index (κ1) is 33.6. The Morgan fingerprint density at radius 2 is 1.46 bits per heavy atom. The number of nitrogens with zero attached hydrogens (tertiary/aromatic N) is 1. The minimum absolute atomic E-state index is 0.241. The van der Waals surface area contributed by atoms with Gasteiger partial charge < -0.3 is 20.5 Å². The van der Waals surface area contributed by atoms with Crippen LogP contribution in [0.3, 0.4) is 0 Å². The molecule has 5 rings (SSSR count). The van der Waals surface area contributed by atoms with Crippen molar-refractivity contribution in [3.05, 3.63) is 121 Å². The van der Waals surface area contributed by atoms with Crippen molar-refractivity contribution in [1.82, 2.24) is 4.98 Å². The number of halogens is 4. The van der Waals surface area contributed by atoms with Crippen molar-refractivity contribution in [1.29, 1.82) is 0 Å². The molecule has 0 radical (unpaired) electrons. The number of thiazole rings is 1. The molecule has 0 spiro atoms. The fourth-order valence-electron chi connectivity index (χ4n) is 4.38. The number of thioether (sulfide) groups is 1. The Hall–Kier alpha value is -3.77. The number of aromatic carboxylic acids is 1. The number of ether oxygens (including phenoxy) is 1. The molecular formula is C32H21Cl4N3O5S2. The number of anilines is 2. The first-order valence-electron chi connectivity index (χ1n) is 13.2. The van der Waals surface area contributed by atoms with E-state index in [0.717, 1.165) is 16.0 Å². The lowest BCUT2D eigenvalue weighted by Gasteiger charge is -2.17. The lowest BCUT2D eigenvalue weighted by Crippen LogP contribution is -2.19. The van der Waals surface area contributed by atoms with Crippen LogP contribution in [0.5, 0.6) is 5.75 Å². The molecule has 1 aromatic heterocycles. The van der Waals surface area contributed by atoms with E-state index >= 15 is 0 Å². The highest BCUT2D eigenvalue weighted by atomic mass is 35.5. The normalized spacial score (nSPS) is 11.5. The Balaban J connectivity index is 1.34. The maximum atomic E-state index is 13.6. The van der Waals surface area contributed by atoms with E-state index in [1.54, 1.807) is 31.4 Å². The molecule has 2 amide bonds. The van der Waals surface area contributed by atoms with Gasteiger partial charge in [-0.1, -0.05) is 88.9 Å². The minimum atomic E-state index is -1.50. The van der Waals surface area contributed by atoms with Crippen LogP contribution in [0.25, 0.3) is 11.3 Å². The first-order chi connectivity index (χ1) is 22.1. The van der Waals surface area contributed by atoms with Gasteiger partial charge in [-0.3, -0.25) is 9.59 Å². The Morgan fingerprint density at radius 3 is 2.11 bits per heavy atom. The van der Waals surface area contributed by atoms with Crippen LogP contribution in [0.1, 0.15) is 31.5 Å². The summed E-state index contributed by atoms with van der Waals surface area (Å²) in [6, 6.07) is 23.4. The van der Waals surface area contributed by atoms with Gasteiger partial charge in [0.2, 0.25) is 5.91 Å². The molecular weight excluding hydrogens is 712 g/mol. The summed E-state index contributed by atoms with van der Waals surface area (Å²) in [6.45, 7) is 0. The number of carboxylic acids is 1. The molecule has 5 aromatic rings. The number of hydrogen-bond acceptors (Lipinski definition) is 7. The Morgan fingerprint density at radius 1 is 0.826 bits per heavy atom. The molecule has 14 heteroatoms. The molecule has 1 heterocycles. The second-order valence-electron chi connectivity index (χ2n) is 9.43. The van der Waals surface area contributed by atoms with E-state index in [1.165, 1.54) is 23.1 Å². The zero-order chi connectivity index (χ0) is 33.0. The smallest absolute Gasteiger partial charge is 0.338 e. The van der Waals surface area contributed by atoms with E-state index in [-0.39, 0.29) is 21.0 Å². The van der Waals surface area contributed by atoms with Crippen molar-refractivity contribution in [2.24, 2.45) is 0 Å². The van der Waals surface area contributed by atoms with Crippen molar-refractivity contribution in [3.63, 3.8) is 0 Å². The number of methoxy groups -OCH3 is 1. The fraction of sp³-hybridized carbons (Fsp3) is 0.0625. The number of nitrogens with one attached hydrogen (secondary N) is 2. The second-order valence-corrected chi connectivity index (χ2v) is 13.0. The molecule has 0 saturated heterocycles. The van der Waals surface area contributed by atoms with Gasteiger partial charge in [0.1, 0.15) is 11.0 Å². The van der Waals surface area contributed by atoms with Crippen molar-refractivity contribution >= 4 is 98.1 Å². The van der Waals surface area contributed by atoms with Gasteiger partial charge in [0.05, 0.1) is 44.0 Å². The fourth-order valence-corrected chi connectivity index (χ4v) is 7.13. The number of carboxylic acid groups (broad SMARTS) is 1. The monoisotopic (exact) mass is 731 g/mol. The molecule has 0 aliphatic rings. The van der Waals surface area contributed by atoms with Gasteiger partial charge in [0.15, 0.2) is 5.13 Å². The average molecular weight is 733 g/mol. The largest absolute Gasteiger partial charge is 0.496 e. The summed E-state index contributed by atoms with van der Waals surface area (Å²) in [7, 11) is 1.59. The zero-order valence-corrected chi connectivity index (χ0v) is 28.2. The molecule has 0 fully saturated rings. The predicted octanol–water partition coefficient (Wildman–Crippen LogP) is 9.85. The van der Waals surface area contributed by atoms with Crippen LogP contribution in [0.15, 0.2) is 89.1 Å². The van der Waals surface area contributed by atoms with Gasteiger partial charge in [-0.15, -0.1) is 23.1 Å². The molecule has 0 aliphatic heterocycles. The van der Waals surface area contributed by atoms with Crippen LogP contribution in [0.2, 0.25) is 20.1 Å². The van der Waals surface area contributed by atoms with E-state index in [2.05, 4.69) is 15.6 Å². The van der Waals surface area contributed by atoms with Crippen molar-refractivity contribution in [2.75, 3.05) is 17.7 Å². The molecule has 46 heavy (non-hydrogen) atoms. The molecule has 1 unspecified atom stereocenters. The van der Waals surface area contributed by atoms with Crippen LogP contribution in [0, 0.1) is 0 Å². The molecule has 0 saturated carbocycles. The van der Waals surface area contributed by atoms with E-state index < -0.39 is 33.3 Å². The molecule has 1 atom stereocenters. The van der Waals surface area contributed by atoms with E-state index in [0.29, 0.717) is 22.3 Å². The van der Waals surface area contributed by atoms with Crippen LogP contribution >= 0.6 is 69.5 Å². The molecule has 0 aliphatic carbocycles. The van der Waals surface area contributed by atoms with Crippen LogP contribution in [-0.2, 0) is 4.79 Å². The molecule has 234 valence electrons. The maximum absolute atomic E-state index is 13.6. The van der Waals surface area contributed by atoms with Crippen molar-refractivity contribution in [3.8, 4) is 17.0 Å². The summed E-state index contributed by atoms with van der Waals surface area (Å²) in [4.78, 5) is 43.9. The quantitative estimate of drug-likeness (QED) is 0.0743. The molecule has 4 aromatic carbocycles. The van der Waals surface area contributed by atoms with E-state index in [1.807, 2.05) is 60.0 Å². The molecule has 3 N–H and O–H groups in total. The minimum Gasteiger partial charge on any atom is -0.496 e. The number of aromatic nitrogens is 1. The summed E-state index contributed by atoms with van der Waals surface area (Å²) in [6.07, 6.45) is 0. The molecule has 8 nitrogen and oxygen atoms in total. The van der Waals surface area contributed by atoms with Crippen LogP contribution in [-0.4, -0.2) is 35.0 Å². The summed E-state index contributed by atoms with van der Waals surface area (Å²) < 4.78 is 5.44. The number of amides is 2. The Kier molecular flexibility index (Phi) is 10.8. The van der Waals surface area contributed by atoms with Crippen LogP contribution in [0.4, 0.5) is 10.8 Å². The third kappa shape index (κ3) is 7.28. The SMILES string of the molecule is COc1ccccc1-c1csc(NC(=O)C(Sc2ccc(NC(=O)c3c(Cl)c(Cl)c(Cl)c(Cl)c3C(=O)O)cc2)c2ccccc2)n1. The topological polar surface area (TPSA) is 118 Å². The van der Waals surface area contributed by atoms with E-state index in [9.17, 15) is 19.5 Å². The Labute approximate surface area is 291 Å². The van der Waals surface area contributed by atoms with Crippen LogP contribution < -0.4 is 15.4 Å².